The Bertz CT molecular complexity index is 561. The highest BCUT2D eigenvalue weighted by atomic mass is 16.2. The molecule has 6 nitrogen and oxygen atoms in total. The van der Waals surface area contributed by atoms with Crippen molar-refractivity contribution < 1.29 is 9.59 Å². The van der Waals surface area contributed by atoms with Crippen LogP contribution in [0.15, 0.2) is 18.3 Å². The number of likely N-dealkylation sites (N-methyl/N-ethyl adjacent to an activating group) is 1. The first kappa shape index (κ1) is 17.2. The van der Waals surface area contributed by atoms with Crippen LogP contribution >= 0.6 is 0 Å². The molecule has 1 aromatic heterocycles. The maximum atomic E-state index is 12.5. The fourth-order valence-corrected chi connectivity index (χ4v) is 2.82. The lowest BCUT2D eigenvalue weighted by Gasteiger charge is -2.39. The van der Waals surface area contributed by atoms with Gasteiger partial charge in [0, 0.05) is 38.6 Å². The van der Waals surface area contributed by atoms with Gasteiger partial charge in [0.15, 0.2) is 0 Å². The third kappa shape index (κ3) is 4.43. The Morgan fingerprint density at radius 2 is 2.22 bits per heavy atom. The first-order chi connectivity index (χ1) is 11.0. The molecule has 0 spiro atoms. The molecule has 1 fully saturated rings. The Kier molecular flexibility index (Phi) is 5.96. The summed E-state index contributed by atoms with van der Waals surface area (Å²) in [6.07, 6.45) is 4.42. The molecule has 0 bridgehead atoms. The number of aryl methyl sites for hydroxylation is 1. The van der Waals surface area contributed by atoms with Gasteiger partial charge in [-0.05, 0) is 31.0 Å². The summed E-state index contributed by atoms with van der Waals surface area (Å²) in [5.74, 6) is 0.0413. The number of carbonyl (C=O) groups excluding carboxylic acids is 2. The van der Waals surface area contributed by atoms with Crippen LogP contribution in [0, 0.1) is 6.92 Å². The van der Waals surface area contributed by atoms with Gasteiger partial charge >= 0.3 is 6.03 Å². The van der Waals surface area contributed by atoms with Gasteiger partial charge in [0.25, 0.3) is 0 Å². The number of rotatable bonds is 5. The lowest BCUT2D eigenvalue weighted by molar-refractivity contribution is -0.138. The number of urea groups is 1. The highest BCUT2D eigenvalue weighted by Gasteiger charge is 2.35. The molecule has 2 rings (SSSR count). The van der Waals surface area contributed by atoms with Crippen molar-refractivity contribution in [2.75, 3.05) is 20.1 Å². The van der Waals surface area contributed by atoms with Crippen LogP contribution in [0.3, 0.4) is 0 Å². The molecule has 6 heteroatoms. The van der Waals surface area contributed by atoms with E-state index >= 15 is 0 Å². The van der Waals surface area contributed by atoms with E-state index in [1.807, 2.05) is 19.1 Å². The minimum atomic E-state index is -0.340. The van der Waals surface area contributed by atoms with E-state index in [0.29, 0.717) is 19.6 Å². The Labute approximate surface area is 137 Å². The van der Waals surface area contributed by atoms with E-state index in [4.69, 9.17) is 0 Å². The first-order valence-corrected chi connectivity index (χ1v) is 8.24. The van der Waals surface area contributed by atoms with Crippen LogP contribution in [-0.2, 0) is 11.3 Å². The molecule has 1 aromatic rings. The maximum absolute atomic E-state index is 12.5. The Morgan fingerprint density at radius 1 is 1.43 bits per heavy atom. The minimum absolute atomic E-state index is 0.0413. The smallest absolute Gasteiger partial charge is 0.318 e. The largest absolute Gasteiger partial charge is 0.342 e. The Morgan fingerprint density at radius 3 is 2.91 bits per heavy atom. The molecule has 0 saturated carbocycles. The van der Waals surface area contributed by atoms with Crippen LogP contribution in [0.5, 0.6) is 0 Å². The lowest BCUT2D eigenvalue weighted by Crippen LogP contribution is -2.59. The van der Waals surface area contributed by atoms with E-state index in [1.165, 1.54) is 0 Å². The predicted molar refractivity (Wildman–Crippen MR) is 88.9 cm³/mol. The second-order valence-electron chi connectivity index (χ2n) is 6.08. The third-order valence-electron chi connectivity index (χ3n) is 4.21. The van der Waals surface area contributed by atoms with Crippen molar-refractivity contribution in [2.45, 2.75) is 45.7 Å². The molecule has 1 aliphatic rings. The second-order valence-corrected chi connectivity index (χ2v) is 6.08. The van der Waals surface area contributed by atoms with Crippen molar-refractivity contribution in [3.8, 4) is 0 Å². The van der Waals surface area contributed by atoms with Gasteiger partial charge in [-0.25, -0.2) is 4.79 Å². The Balaban J connectivity index is 1.99. The number of piperazine rings is 1. The van der Waals surface area contributed by atoms with E-state index in [0.717, 1.165) is 30.5 Å². The van der Waals surface area contributed by atoms with Crippen LogP contribution < -0.4 is 5.32 Å². The number of nitrogens with zero attached hydrogens (tertiary/aromatic N) is 3. The molecule has 1 atom stereocenters. The summed E-state index contributed by atoms with van der Waals surface area (Å²) < 4.78 is 0. The van der Waals surface area contributed by atoms with E-state index in [9.17, 15) is 9.59 Å². The minimum Gasteiger partial charge on any atom is -0.342 e. The van der Waals surface area contributed by atoms with E-state index < -0.39 is 0 Å². The van der Waals surface area contributed by atoms with Crippen molar-refractivity contribution in [2.24, 2.45) is 0 Å². The molecule has 23 heavy (non-hydrogen) atoms. The molecule has 126 valence electrons. The third-order valence-corrected chi connectivity index (χ3v) is 4.21. The number of carbonyl (C=O) groups is 2. The van der Waals surface area contributed by atoms with E-state index in [-0.39, 0.29) is 18.0 Å². The molecule has 1 N–H and O–H groups in total. The lowest BCUT2D eigenvalue weighted by atomic mass is 10.0. The van der Waals surface area contributed by atoms with Gasteiger partial charge in [0.2, 0.25) is 5.91 Å². The van der Waals surface area contributed by atoms with Crippen molar-refractivity contribution in [3.63, 3.8) is 0 Å². The van der Waals surface area contributed by atoms with E-state index in [2.05, 4.69) is 17.2 Å². The van der Waals surface area contributed by atoms with Gasteiger partial charge in [-0.1, -0.05) is 19.8 Å². The first-order valence-electron chi connectivity index (χ1n) is 8.24. The van der Waals surface area contributed by atoms with Crippen LogP contribution in [-0.4, -0.2) is 52.9 Å². The number of pyridine rings is 1. The number of unbranched alkanes of at least 4 members (excludes halogenated alkanes) is 1. The SMILES string of the molecule is CCCCC1C(=O)N(C)CCN1C(=O)NCc1ccnc(C)c1. The molecule has 1 saturated heterocycles. The zero-order chi connectivity index (χ0) is 16.8. The van der Waals surface area contributed by atoms with Crippen LogP contribution in [0.2, 0.25) is 0 Å². The van der Waals surface area contributed by atoms with E-state index in [1.54, 1.807) is 23.0 Å². The highest BCUT2D eigenvalue weighted by molar-refractivity contribution is 5.88. The molecule has 1 aliphatic heterocycles. The monoisotopic (exact) mass is 318 g/mol. The zero-order valence-corrected chi connectivity index (χ0v) is 14.2. The summed E-state index contributed by atoms with van der Waals surface area (Å²) in [7, 11) is 1.80. The summed E-state index contributed by atoms with van der Waals surface area (Å²) in [6, 6.07) is 3.33. The highest BCUT2D eigenvalue weighted by Crippen LogP contribution is 2.16. The molecule has 2 heterocycles. The average molecular weight is 318 g/mol. The standard InChI is InChI=1S/C17H26N4O2/c1-4-5-6-15-16(22)20(3)9-10-21(15)17(23)19-12-14-7-8-18-13(2)11-14/h7-8,11,15H,4-6,9-10,12H2,1-3H3,(H,19,23). The maximum Gasteiger partial charge on any atom is 0.318 e. The fraction of sp³-hybridized carbons (Fsp3) is 0.588. The number of nitrogens with one attached hydrogen (secondary N) is 1. The topological polar surface area (TPSA) is 65.5 Å². The molecule has 0 aliphatic carbocycles. The van der Waals surface area contributed by atoms with Gasteiger partial charge in [-0.3, -0.25) is 9.78 Å². The molecule has 1 unspecified atom stereocenters. The fourth-order valence-electron chi connectivity index (χ4n) is 2.82. The van der Waals surface area contributed by atoms with Gasteiger partial charge in [0.1, 0.15) is 6.04 Å². The van der Waals surface area contributed by atoms with Gasteiger partial charge < -0.3 is 15.1 Å². The second kappa shape index (κ2) is 7.94. The summed E-state index contributed by atoms with van der Waals surface area (Å²) >= 11 is 0. The average Bonchev–Trinajstić information content (AvgIpc) is 2.54. The van der Waals surface area contributed by atoms with Crippen LogP contribution in [0.4, 0.5) is 4.79 Å². The molecule has 0 radical (unpaired) electrons. The van der Waals surface area contributed by atoms with Gasteiger partial charge in [-0.2, -0.15) is 0 Å². The van der Waals surface area contributed by atoms with Crippen molar-refractivity contribution in [3.05, 3.63) is 29.6 Å². The summed E-state index contributed by atoms with van der Waals surface area (Å²) in [5.41, 5.74) is 1.93. The van der Waals surface area contributed by atoms with Gasteiger partial charge in [-0.15, -0.1) is 0 Å². The molecule has 0 aromatic carbocycles. The van der Waals surface area contributed by atoms with Crippen molar-refractivity contribution in [1.82, 2.24) is 20.1 Å². The number of amides is 3. The molecular weight excluding hydrogens is 292 g/mol. The van der Waals surface area contributed by atoms with Crippen LogP contribution in [0.25, 0.3) is 0 Å². The number of hydrogen-bond acceptors (Lipinski definition) is 3. The summed E-state index contributed by atoms with van der Waals surface area (Å²) in [5, 5.41) is 2.93. The van der Waals surface area contributed by atoms with Crippen LogP contribution in [0.1, 0.15) is 37.4 Å². The number of aromatic nitrogens is 1. The summed E-state index contributed by atoms with van der Waals surface area (Å²) in [4.78, 5) is 32.4. The summed E-state index contributed by atoms with van der Waals surface area (Å²) in [6.45, 7) is 5.63. The molecular formula is C17H26N4O2. The quantitative estimate of drug-likeness (QED) is 0.902. The molecule has 3 amide bonds. The number of hydrogen-bond donors (Lipinski definition) is 1. The normalized spacial score (nSPS) is 18.2. The van der Waals surface area contributed by atoms with Crippen molar-refractivity contribution in [1.29, 1.82) is 0 Å². The Hall–Kier alpha value is -2.11. The van der Waals surface area contributed by atoms with Gasteiger partial charge in [0.05, 0.1) is 0 Å². The van der Waals surface area contributed by atoms with Crippen molar-refractivity contribution >= 4 is 11.9 Å². The zero-order valence-electron chi connectivity index (χ0n) is 14.2. The predicted octanol–water partition coefficient (Wildman–Crippen LogP) is 1.93.